The highest BCUT2D eigenvalue weighted by atomic mass is 16.5. The molecule has 1 N–H and O–H groups in total. The molecule has 2 aromatic heterocycles. The maximum absolute atomic E-state index is 13.2. The zero-order valence-corrected chi connectivity index (χ0v) is 29.7. The summed E-state index contributed by atoms with van der Waals surface area (Å²) in [4.78, 5) is 72.8. The molecule has 0 radical (unpaired) electrons. The second-order valence-electron chi connectivity index (χ2n) is 14.0. The fraction of sp³-hybridized carbons (Fsp3) is 0.350. The molecule has 2 aromatic carbocycles. The lowest BCUT2D eigenvalue weighted by Crippen LogP contribution is -2.63. The number of aromatic nitrogens is 2. The third-order valence-electron chi connectivity index (χ3n) is 11.0. The van der Waals surface area contributed by atoms with E-state index in [0.29, 0.717) is 36.0 Å². The van der Waals surface area contributed by atoms with Crippen molar-refractivity contribution in [3.05, 3.63) is 87.6 Å². The van der Waals surface area contributed by atoms with E-state index < -0.39 is 29.7 Å². The maximum atomic E-state index is 13.2. The van der Waals surface area contributed by atoms with Gasteiger partial charge in [-0.2, -0.15) is 0 Å². The molecule has 0 bridgehead atoms. The van der Waals surface area contributed by atoms with Crippen molar-refractivity contribution in [2.75, 3.05) is 40.4 Å². The van der Waals surface area contributed by atoms with Crippen LogP contribution in [0.25, 0.3) is 21.9 Å². The Morgan fingerprint density at radius 3 is 2.42 bits per heavy atom. The highest BCUT2D eigenvalue weighted by Gasteiger charge is 2.45. The van der Waals surface area contributed by atoms with Gasteiger partial charge in [0.05, 0.1) is 42.8 Å². The zero-order valence-electron chi connectivity index (χ0n) is 29.7. The first-order valence-electron chi connectivity index (χ1n) is 17.6. The summed E-state index contributed by atoms with van der Waals surface area (Å²) < 4.78 is 13.4. The van der Waals surface area contributed by atoms with Crippen LogP contribution in [-0.4, -0.2) is 100 Å². The molecule has 4 aromatic rings. The lowest BCUT2D eigenvalue weighted by atomic mass is 9.82. The van der Waals surface area contributed by atoms with Gasteiger partial charge in [-0.1, -0.05) is 11.8 Å². The number of hydrogen-bond acceptors (Lipinski definition) is 10. The topological polar surface area (TPSA) is 143 Å². The highest BCUT2D eigenvalue weighted by Crippen LogP contribution is 2.39. The van der Waals surface area contributed by atoms with Crippen molar-refractivity contribution in [3.63, 3.8) is 0 Å². The summed E-state index contributed by atoms with van der Waals surface area (Å²) in [6.07, 6.45) is 6.32. The average molecular weight is 715 g/mol. The minimum Gasteiger partial charge on any atom is -0.496 e. The molecule has 8 rings (SSSR count). The van der Waals surface area contributed by atoms with Crippen molar-refractivity contribution in [3.8, 4) is 34.5 Å². The summed E-state index contributed by atoms with van der Waals surface area (Å²) in [5.74, 6) is 6.27. The Hall–Kier alpha value is -5.84. The Bertz CT molecular complexity index is 2320. The first kappa shape index (κ1) is 34.3. The van der Waals surface area contributed by atoms with Gasteiger partial charge in [0.2, 0.25) is 11.8 Å². The van der Waals surface area contributed by atoms with Gasteiger partial charge >= 0.3 is 0 Å². The standard InChI is InChI=1S/C40H38N6O7/c1-43-21-30(26-10-12-41-18-29(26)38(43)49)24-16-34(52-2)31(35(17-24)53-3)22-44-14-11-32-25(19-44)20-45(32)13-4-5-23-6-7-27-28(15-23)40(51)46(39(27)50)33-8-9-36(47)42-37(33)48/h6-7,10,12,15-18,21,25,32-33H,8-9,11,13-14,19-20,22H2,1-3H3,(H,42,47,48). The minimum atomic E-state index is -0.998. The third kappa shape index (κ3) is 6.03. The largest absolute Gasteiger partial charge is 0.496 e. The second-order valence-corrected chi connectivity index (χ2v) is 14.0. The Kier molecular flexibility index (Phi) is 8.80. The molecule has 3 fully saturated rings. The summed E-state index contributed by atoms with van der Waals surface area (Å²) in [5, 5.41) is 3.59. The van der Waals surface area contributed by atoms with Crippen molar-refractivity contribution < 1.29 is 28.7 Å². The molecule has 13 heteroatoms. The summed E-state index contributed by atoms with van der Waals surface area (Å²) in [7, 11) is 5.07. The van der Waals surface area contributed by atoms with Crippen LogP contribution in [0.1, 0.15) is 51.1 Å². The van der Waals surface area contributed by atoms with Crippen LogP contribution < -0.4 is 20.3 Å². The van der Waals surface area contributed by atoms with Gasteiger partial charge in [-0.3, -0.25) is 49.0 Å². The molecular weight excluding hydrogens is 676 g/mol. The van der Waals surface area contributed by atoms with Gasteiger partial charge in [-0.05, 0) is 66.1 Å². The smallest absolute Gasteiger partial charge is 0.262 e. The number of pyridine rings is 2. The van der Waals surface area contributed by atoms with Crippen molar-refractivity contribution in [1.82, 2.24) is 29.6 Å². The van der Waals surface area contributed by atoms with Gasteiger partial charge in [-0.25, -0.2) is 0 Å². The van der Waals surface area contributed by atoms with E-state index in [1.807, 2.05) is 24.4 Å². The SMILES string of the molecule is COc1cc(-c2cn(C)c(=O)c3cnccc23)cc(OC)c1CN1CCC2C(C1)CN2CC#Cc1ccc2c(c1)C(=O)N(C1CCC(=O)NC1=O)C2=O. The number of amides is 4. The van der Waals surface area contributed by atoms with Crippen LogP contribution in [-0.2, 0) is 23.2 Å². The number of carbonyl (C=O) groups excluding carboxylic acids is 4. The summed E-state index contributed by atoms with van der Waals surface area (Å²) in [6, 6.07) is 10.2. The van der Waals surface area contributed by atoms with E-state index in [2.05, 4.69) is 31.9 Å². The van der Waals surface area contributed by atoms with Crippen LogP contribution in [0.5, 0.6) is 11.5 Å². The van der Waals surface area contributed by atoms with Gasteiger partial charge in [0, 0.05) is 75.4 Å². The number of piperidine rings is 2. The number of rotatable bonds is 7. The van der Waals surface area contributed by atoms with Crippen LogP contribution >= 0.6 is 0 Å². The van der Waals surface area contributed by atoms with Gasteiger partial charge in [0.15, 0.2) is 0 Å². The Morgan fingerprint density at radius 1 is 0.906 bits per heavy atom. The van der Waals surface area contributed by atoms with Crippen molar-refractivity contribution in [2.45, 2.75) is 37.9 Å². The molecule has 53 heavy (non-hydrogen) atoms. The predicted molar refractivity (Wildman–Crippen MR) is 194 cm³/mol. The fourth-order valence-corrected chi connectivity index (χ4v) is 8.23. The average Bonchev–Trinajstić information content (AvgIpc) is 3.40. The summed E-state index contributed by atoms with van der Waals surface area (Å²) >= 11 is 0. The van der Waals surface area contributed by atoms with Crippen LogP contribution in [0.3, 0.4) is 0 Å². The number of likely N-dealkylation sites (tertiary alicyclic amines) is 2. The first-order valence-corrected chi connectivity index (χ1v) is 17.6. The predicted octanol–water partition coefficient (Wildman–Crippen LogP) is 2.58. The number of nitrogens with zero attached hydrogens (tertiary/aromatic N) is 5. The fourth-order valence-electron chi connectivity index (χ4n) is 8.23. The zero-order chi connectivity index (χ0) is 37.0. The number of methoxy groups -OCH3 is 2. The molecule has 3 saturated heterocycles. The van der Waals surface area contributed by atoms with E-state index in [9.17, 15) is 24.0 Å². The lowest BCUT2D eigenvalue weighted by molar-refractivity contribution is -0.136. The number of nitrogens with one attached hydrogen (secondary N) is 1. The van der Waals surface area contributed by atoms with Crippen LogP contribution in [0.15, 0.2) is 59.8 Å². The lowest BCUT2D eigenvalue weighted by Gasteiger charge is -2.53. The number of imide groups is 2. The monoisotopic (exact) mass is 714 g/mol. The molecular formula is C40H38N6O7. The van der Waals surface area contributed by atoms with Gasteiger partial charge in [0.1, 0.15) is 17.5 Å². The molecule has 0 saturated carbocycles. The molecule has 6 heterocycles. The molecule has 0 aliphatic carbocycles. The Morgan fingerprint density at radius 2 is 1.68 bits per heavy atom. The van der Waals surface area contributed by atoms with Crippen LogP contribution in [0.4, 0.5) is 0 Å². The maximum Gasteiger partial charge on any atom is 0.262 e. The molecule has 3 unspecified atom stereocenters. The molecule has 4 amide bonds. The Labute approximate surface area is 305 Å². The van der Waals surface area contributed by atoms with Crippen LogP contribution in [0, 0.1) is 17.8 Å². The number of benzene rings is 2. The van der Waals surface area contributed by atoms with E-state index in [1.165, 1.54) is 0 Å². The van der Waals surface area contributed by atoms with E-state index in [-0.39, 0.29) is 29.5 Å². The van der Waals surface area contributed by atoms with E-state index in [0.717, 1.165) is 64.5 Å². The van der Waals surface area contributed by atoms with Crippen molar-refractivity contribution >= 4 is 34.4 Å². The molecule has 270 valence electrons. The number of hydrogen-bond donors (Lipinski definition) is 1. The van der Waals surface area contributed by atoms with Crippen LogP contribution in [0.2, 0.25) is 0 Å². The third-order valence-corrected chi connectivity index (χ3v) is 11.0. The number of carbonyl (C=O) groups is 4. The van der Waals surface area contributed by atoms with Crippen molar-refractivity contribution in [1.29, 1.82) is 0 Å². The van der Waals surface area contributed by atoms with Crippen molar-refractivity contribution in [2.24, 2.45) is 13.0 Å². The molecule has 4 aliphatic heterocycles. The first-order chi connectivity index (χ1) is 25.6. The van der Waals surface area contributed by atoms with Gasteiger partial charge in [-0.15, -0.1) is 0 Å². The van der Waals surface area contributed by atoms with Gasteiger partial charge in [0.25, 0.3) is 17.4 Å². The highest BCUT2D eigenvalue weighted by molar-refractivity contribution is 6.23. The number of ether oxygens (including phenoxy) is 2. The Balaban J connectivity index is 0.909. The molecule has 4 aliphatic rings. The quantitative estimate of drug-likeness (QED) is 0.224. The summed E-state index contributed by atoms with van der Waals surface area (Å²) in [6.45, 7) is 4.03. The van der Waals surface area contributed by atoms with Gasteiger partial charge < -0.3 is 14.0 Å². The molecule has 3 atom stereocenters. The van der Waals surface area contributed by atoms with E-state index in [4.69, 9.17) is 9.47 Å². The second kappa shape index (κ2) is 13.6. The molecule has 13 nitrogen and oxygen atoms in total. The van der Waals surface area contributed by atoms with E-state index >= 15 is 0 Å². The number of fused-ring (bicyclic) bond motifs is 3. The minimum absolute atomic E-state index is 0.0748. The molecule has 0 spiro atoms. The summed E-state index contributed by atoms with van der Waals surface area (Å²) in [5.41, 5.74) is 3.74. The van der Waals surface area contributed by atoms with E-state index in [1.54, 1.807) is 56.4 Å². The normalized spacial score (nSPS) is 21.4. The number of aryl methyl sites for hydroxylation is 1.